The Morgan fingerprint density at radius 3 is 2.71 bits per heavy atom. The van der Waals surface area contributed by atoms with Crippen LogP contribution in [0.15, 0.2) is 12.1 Å². The van der Waals surface area contributed by atoms with Crippen LogP contribution in [0, 0.1) is 21.4 Å². The summed E-state index contributed by atoms with van der Waals surface area (Å²) in [5.41, 5.74) is 0.503. The van der Waals surface area contributed by atoms with Crippen LogP contribution in [0.1, 0.15) is 19.4 Å². The molecule has 0 aliphatic heterocycles. The van der Waals surface area contributed by atoms with Crippen LogP contribution in [0.25, 0.3) is 0 Å². The molecule has 0 fully saturated rings. The number of hydrogen-bond acceptors (Lipinski definition) is 5. The fourth-order valence-electron chi connectivity index (χ4n) is 1.45. The number of hydrogen-bond donors (Lipinski definition) is 1. The molecule has 0 aliphatic carbocycles. The molecule has 0 aliphatic rings. The van der Waals surface area contributed by atoms with Gasteiger partial charge in [-0.1, -0.05) is 0 Å². The van der Waals surface area contributed by atoms with Gasteiger partial charge in [0.05, 0.1) is 23.2 Å². The second-order valence-electron chi connectivity index (χ2n) is 3.20. The molecule has 0 amide bonds. The molecule has 0 atom stereocenters. The van der Waals surface area contributed by atoms with Gasteiger partial charge < -0.3 is 10.1 Å². The van der Waals surface area contributed by atoms with Gasteiger partial charge in [0.15, 0.2) is 0 Å². The number of anilines is 1. The van der Waals surface area contributed by atoms with Crippen LogP contribution in [0.3, 0.4) is 0 Å². The van der Waals surface area contributed by atoms with Gasteiger partial charge in [-0.3, -0.25) is 10.1 Å². The van der Waals surface area contributed by atoms with Crippen molar-refractivity contribution in [1.82, 2.24) is 0 Å². The number of nitriles is 1. The van der Waals surface area contributed by atoms with Gasteiger partial charge in [0.1, 0.15) is 5.69 Å². The van der Waals surface area contributed by atoms with Gasteiger partial charge in [0, 0.05) is 12.6 Å². The lowest BCUT2D eigenvalue weighted by atomic mass is 10.1. The van der Waals surface area contributed by atoms with Crippen LogP contribution in [0.2, 0.25) is 0 Å². The molecular formula is C11H13N3O3. The monoisotopic (exact) mass is 235 g/mol. The largest absolute Gasteiger partial charge is 0.487 e. The van der Waals surface area contributed by atoms with Crippen LogP contribution in [0.5, 0.6) is 5.75 Å². The van der Waals surface area contributed by atoms with Gasteiger partial charge in [-0.2, -0.15) is 5.26 Å². The number of nitrogens with one attached hydrogen (secondary N) is 1. The molecule has 6 heteroatoms. The van der Waals surface area contributed by atoms with Crippen molar-refractivity contribution in [2.24, 2.45) is 0 Å². The van der Waals surface area contributed by atoms with E-state index in [2.05, 4.69) is 5.32 Å². The van der Waals surface area contributed by atoms with Crippen LogP contribution in [-0.2, 0) is 0 Å². The molecule has 0 unspecified atom stereocenters. The molecule has 0 bridgehead atoms. The summed E-state index contributed by atoms with van der Waals surface area (Å²) in [5.74, 6) is 0.118. The first-order valence-electron chi connectivity index (χ1n) is 5.23. The van der Waals surface area contributed by atoms with Crippen molar-refractivity contribution in [2.75, 3.05) is 18.5 Å². The van der Waals surface area contributed by atoms with E-state index >= 15 is 0 Å². The highest BCUT2D eigenvalue weighted by Crippen LogP contribution is 2.36. The molecule has 1 aromatic rings. The molecule has 0 radical (unpaired) electrons. The van der Waals surface area contributed by atoms with Crippen molar-refractivity contribution < 1.29 is 9.66 Å². The Kier molecular flexibility index (Phi) is 4.29. The summed E-state index contributed by atoms with van der Waals surface area (Å²) in [4.78, 5) is 10.5. The number of nitrogens with zero attached hydrogens (tertiary/aromatic N) is 2. The standard InChI is InChI=1S/C11H13N3O3/c1-3-13-9-5-8(7-12)6-10(17-4-2)11(9)14(15)16/h5-6,13H,3-4H2,1-2H3. The third-order valence-electron chi connectivity index (χ3n) is 2.05. The zero-order valence-electron chi connectivity index (χ0n) is 9.69. The summed E-state index contributed by atoms with van der Waals surface area (Å²) < 4.78 is 5.20. The van der Waals surface area contributed by atoms with Gasteiger partial charge in [0.2, 0.25) is 5.75 Å². The summed E-state index contributed by atoms with van der Waals surface area (Å²) >= 11 is 0. The van der Waals surface area contributed by atoms with Gasteiger partial charge >= 0.3 is 5.69 Å². The minimum Gasteiger partial charge on any atom is -0.487 e. The Bertz CT molecular complexity index is 439. The first-order chi connectivity index (χ1) is 8.13. The number of ether oxygens (including phenoxy) is 1. The van der Waals surface area contributed by atoms with E-state index in [1.165, 1.54) is 12.1 Å². The smallest absolute Gasteiger partial charge is 0.333 e. The maximum atomic E-state index is 11.0. The molecular weight excluding hydrogens is 222 g/mol. The Labute approximate surface area is 99.0 Å². The van der Waals surface area contributed by atoms with E-state index in [9.17, 15) is 10.1 Å². The third-order valence-corrected chi connectivity index (χ3v) is 2.05. The predicted octanol–water partition coefficient (Wildman–Crippen LogP) is 2.30. The number of nitro groups is 1. The fourth-order valence-corrected chi connectivity index (χ4v) is 1.45. The van der Waals surface area contributed by atoms with E-state index in [4.69, 9.17) is 10.00 Å². The minimum atomic E-state index is -0.510. The van der Waals surface area contributed by atoms with Crippen LogP contribution >= 0.6 is 0 Å². The predicted molar refractivity (Wildman–Crippen MR) is 63.1 cm³/mol. The van der Waals surface area contributed by atoms with Crippen LogP contribution in [-0.4, -0.2) is 18.1 Å². The zero-order chi connectivity index (χ0) is 12.8. The summed E-state index contributed by atoms with van der Waals surface area (Å²) in [5, 5.41) is 22.7. The molecule has 0 heterocycles. The molecule has 1 rings (SSSR count). The third kappa shape index (κ3) is 2.84. The second kappa shape index (κ2) is 5.70. The summed E-state index contributed by atoms with van der Waals surface area (Å²) in [6.07, 6.45) is 0. The average Bonchev–Trinajstić information content (AvgIpc) is 2.28. The highest BCUT2D eigenvalue weighted by Gasteiger charge is 2.22. The van der Waals surface area contributed by atoms with Crippen molar-refractivity contribution in [3.63, 3.8) is 0 Å². The molecule has 1 N–H and O–H groups in total. The molecule has 0 spiro atoms. The van der Waals surface area contributed by atoms with E-state index in [0.29, 0.717) is 24.4 Å². The Morgan fingerprint density at radius 1 is 1.53 bits per heavy atom. The first kappa shape index (κ1) is 12.8. The SMILES string of the molecule is CCNc1cc(C#N)cc(OCC)c1[N+](=O)[O-]. The quantitative estimate of drug-likeness (QED) is 0.624. The van der Waals surface area contributed by atoms with Crippen molar-refractivity contribution in [1.29, 1.82) is 5.26 Å². The van der Waals surface area contributed by atoms with E-state index in [0.717, 1.165) is 0 Å². The van der Waals surface area contributed by atoms with Crippen LogP contribution < -0.4 is 10.1 Å². The van der Waals surface area contributed by atoms with Gasteiger partial charge in [-0.25, -0.2) is 0 Å². The summed E-state index contributed by atoms with van der Waals surface area (Å²) in [6, 6.07) is 4.77. The maximum absolute atomic E-state index is 11.0. The van der Waals surface area contributed by atoms with Crippen molar-refractivity contribution in [2.45, 2.75) is 13.8 Å². The lowest BCUT2D eigenvalue weighted by molar-refractivity contribution is -0.384. The molecule has 0 saturated heterocycles. The van der Waals surface area contributed by atoms with E-state index in [1.54, 1.807) is 6.92 Å². The topological polar surface area (TPSA) is 88.2 Å². The highest BCUT2D eigenvalue weighted by atomic mass is 16.6. The minimum absolute atomic E-state index is 0.118. The molecule has 1 aromatic carbocycles. The van der Waals surface area contributed by atoms with E-state index < -0.39 is 4.92 Å². The lowest BCUT2D eigenvalue weighted by Crippen LogP contribution is -2.05. The van der Waals surface area contributed by atoms with Crippen LogP contribution in [0.4, 0.5) is 11.4 Å². The number of rotatable bonds is 5. The molecule has 90 valence electrons. The Hall–Kier alpha value is -2.29. The number of benzene rings is 1. The van der Waals surface area contributed by atoms with E-state index in [-0.39, 0.29) is 11.4 Å². The van der Waals surface area contributed by atoms with Gasteiger partial charge in [-0.15, -0.1) is 0 Å². The van der Waals surface area contributed by atoms with Gasteiger partial charge in [0.25, 0.3) is 0 Å². The van der Waals surface area contributed by atoms with Gasteiger partial charge in [-0.05, 0) is 19.9 Å². The lowest BCUT2D eigenvalue weighted by Gasteiger charge is -2.09. The van der Waals surface area contributed by atoms with Crippen molar-refractivity contribution >= 4 is 11.4 Å². The highest BCUT2D eigenvalue weighted by molar-refractivity contribution is 5.71. The van der Waals surface area contributed by atoms with Crippen molar-refractivity contribution in [3.05, 3.63) is 27.8 Å². The summed E-state index contributed by atoms with van der Waals surface area (Å²) in [7, 11) is 0. The molecule has 0 saturated carbocycles. The Balaban J connectivity index is 3.39. The average molecular weight is 235 g/mol. The molecule has 0 aromatic heterocycles. The molecule has 6 nitrogen and oxygen atoms in total. The van der Waals surface area contributed by atoms with E-state index in [1.807, 2.05) is 13.0 Å². The summed E-state index contributed by atoms with van der Waals surface area (Å²) in [6.45, 7) is 4.39. The zero-order valence-corrected chi connectivity index (χ0v) is 9.69. The normalized spacial score (nSPS) is 9.47. The van der Waals surface area contributed by atoms with Crippen molar-refractivity contribution in [3.8, 4) is 11.8 Å². The fraction of sp³-hybridized carbons (Fsp3) is 0.364. The first-order valence-corrected chi connectivity index (χ1v) is 5.23. The number of nitro benzene ring substituents is 1. The molecule has 17 heavy (non-hydrogen) atoms. The second-order valence-corrected chi connectivity index (χ2v) is 3.20. The Morgan fingerprint density at radius 2 is 2.24 bits per heavy atom. The maximum Gasteiger partial charge on any atom is 0.333 e.